The highest BCUT2D eigenvalue weighted by molar-refractivity contribution is 8.02. The standard InChI is InChI=1S/C17H22F2N6O7S2/c1-3-31-13(28)12-9(33-7-10-21-22-23-24(10)4-5-26)6-32-15-17(30-2,14(29)25(12)15)20-11(27)8-34-16(18)19/h15-16,26H,3-8H2,1-2H3,(H,20,27)/t15-,17+/m1/s1. The zero-order chi connectivity index (χ0) is 24.9. The molecule has 3 heterocycles. The maximum Gasteiger partial charge on any atom is 0.356 e. The second kappa shape index (κ2) is 11.4. The molecule has 3 rings (SSSR count). The number of alkyl halides is 2. The number of aromatic nitrogens is 4. The largest absolute Gasteiger partial charge is 0.461 e. The van der Waals surface area contributed by atoms with E-state index in [0.29, 0.717) is 10.7 Å². The number of thioether (sulfide) groups is 2. The maximum atomic E-state index is 13.1. The Hall–Kier alpha value is -2.34. The fourth-order valence-electron chi connectivity index (χ4n) is 3.28. The van der Waals surface area contributed by atoms with E-state index in [0.717, 1.165) is 23.8 Å². The van der Waals surface area contributed by atoms with Crippen molar-refractivity contribution in [2.75, 3.05) is 32.7 Å². The van der Waals surface area contributed by atoms with Gasteiger partial charge in [-0.1, -0.05) is 11.8 Å². The Labute approximate surface area is 200 Å². The van der Waals surface area contributed by atoms with E-state index in [4.69, 9.17) is 19.3 Å². The van der Waals surface area contributed by atoms with E-state index < -0.39 is 41.2 Å². The number of β-lactam (4-membered cyclic amide) rings is 1. The van der Waals surface area contributed by atoms with Gasteiger partial charge >= 0.3 is 5.97 Å². The number of carbonyl (C=O) groups is 3. The third kappa shape index (κ3) is 5.17. The van der Waals surface area contributed by atoms with Gasteiger partial charge in [-0.2, -0.15) is 8.78 Å². The highest BCUT2D eigenvalue weighted by Gasteiger charge is 2.67. The van der Waals surface area contributed by atoms with E-state index >= 15 is 0 Å². The van der Waals surface area contributed by atoms with Gasteiger partial charge in [0.2, 0.25) is 5.91 Å². The highest BCUT2D eigenvalue weighted by atomic mass is 32.2. The van der Waals surface area contributed by atoms with Crippen molar-refractivity contribution >= 4 is 41.3 Å². The third-order valence-electron chi connectivity index (χ3n) is 4.75. The van der Waals surface area contributed by atoms with Crippen molar-refractivity contribution in [2.24, 2.45) is 0 Å². The zero-order valence-electron chi connectivity index (χ0n) is 18.1. The molecule has 17 heteroatoms. The summed E-state index contributed by atoms with van der Waals surface area (Å²) in [5, 5.41) is 22.6. The molecule has 13 nitrogen and oxygen atoms in total. The number of tetrazole rings is 1. The van der Waals surface area contributed by atoms with Crippen molar-refractivity contribution in [1.29, 1.82) is 0 Å². The summed E-state index contributed by atoms with van der Waals surface area (Å²) in [7, 11) is 1.15. The molecule has 0 unspecified atom stereocenters. The van der Waals surface area contributed by atoms with Gasteiger partial charge in [-0.15, -0.1) is 16.9 Å². The van der Waals surface area contributed by atoms with Gasteiger partial charge in [0.1, 0.15) is 5.70 Å². The van der Waals surface area contributed by atoms with Crippen molar-refractivity contribution in [3.63, 3.8) is 0 Å². The molecule has 0 spiro atoms. The number of carbonyl (C=O) groups excluding carboxylic acids is 3. The second-order valence-electron chi connectivity index (χ2n) is 6.72. The fourth-order valence-corrected chi connectivity index (χ4v) is 4.61. The topological polar surface area (TPSA) is 158 Å². The first-order valence-electron chi connectivity index (χ1n) is 9.89. The number of aliphatic hydroxyl groups is 1. The van der Waals surface area contributed by atoms with Crippen LogP contribution in [0.15, 0.2) is 10.6 Å². The van der Waals surface area contributed by atoms with Crippen molar-refractivity contribution in [3.05, 3.63) is 16.4 Å². The first-order valence-corrected chi connectivity index (χ1v) is 11.9. The molecule has 0 radical (unpaired) electrons. The second-order valence-corrected chi connectivity index (χ2v) is 8.77. The predicted octanol–water partition coefficient (Wildman–Crippen LogP) is -0.713. The van der Waals surface area contributed by atoms with Crippen molar-refractivity contribution in [2.45, 2.75) is 36.9 Å². The highest BCUT2D eigenvalue weighted by Crippen LogP contribution is 2.43. The number of esters is 1. The van der Waals surface area contributed by atoms with E-state index in [9.17, 15) is 23.2 Å². The Kier molecular flexibility index (Phi) is 8.80. The monoisotopic (exact) mass is 524 g/mol. The third-order valence-corrected chi connectivity index (χ3v) is 6.49. The fraction of sp³-hybridized carbons (Fsp3) is 0.647. The molecule has 0 aromatic carbocycles. The summed E-state index contributed by atoms with van der Waals surface area (Å²) in [6.45, 7) is 1.51. The van der Waals surface area contributed by atoms with Crippen molar-refractivity contribution in [1.82, 2.24) is 30.4 Å². The molecule has 0 saturated carbocycles. The number of nitrogens with one attached hydrogen (secondary N) is 1. The normalized spacial score (nSPS) is 22.0. The van der Waals surface area contributed by atoms with E-state index in [1.807, 2.05) is 0 Å². The molecule has 2 aliphatic rings. The summed E-state index contributed by atoms with van der Waals surface area (Å²) < 4.78 is 42.3. The lowest BCUT2D eigenvalue weighted by molar-refractivity contribution is -0.257. The molecule has 2 aliphatic heterocycles. The van der Waals surface area contributed by atoms with Crippen LogP contribution in [0.5, 0.6) is 0 Å². The van der Waals surface area contributed by atoms with E-state index in [-0.39, 0.29) is 49.6 Å². The molecule has 1 fully saturated rings. The minimum absolute atomic E-state index is 0.0413. The van der Waals surface area contributed by atoms with Crippen LogP contribution in [-0.2, 0) is 40.9 Å². The zero-order valence-corrected chi connectivity index (χ0v) is 19.7. The van der Waals surface area contributed by atoms with E-state index in [1.54, 1.807) is 6.92 Å². The lowest BCUT2D eigenvalue weighted by Crippen LogP contribution is -2.82. The van der Waals surface area contributed by atoms with Crippen LogP contribution in [0.3, 0.4) is 0 Å². The van der Waals surface area contributed by atoms with Gasteiger partial charge in [0, 0.05) is 12.0 Å². The summed E-state index contributed by atoms with van der Waals surface area (Å²) in [5.74, 6) is -5.22. The van der Waals surface area contributed by atoms with Crippen LogP contribution < -0.4 is 5.32 Å². The number of nitrogens with zero attached hydrogens (tertiary/aromatic N) is 5. The number of fused-ring (bicyclic) bond motifs is 1. The van der Waals surface area contributed by atoms with Crippen LogP contribution in [-0.4, -0.2) is 98.4 Å². The molecule has 34 heavy (non-hydrogen) atoms. The number of amides is 2. The maximum absolute atomic E-state index is 13.1. The van der Waals surface area contributed by atoms with Crippen LogP contribution in [0.1, 0.15) is 12.7 Å². The average molecular weight is 525 g/mol. The SMILES string of the molecule is CCOC(=O)C1=C(SCc2nnnn2CCO)CO[C@H]2N1C(=O)[C@]2(NC(=O)CSC(F)F)OC. The molecular weight excluding hydrogens is 502 g/mol. The van der Waals surface area contributed by atoms with E-state index in [2.05, 4.69) is 20.8 Å². The van der Waals surface area contributed by atoms with Gasteiger partial charge in [-0.05, 0) is 17.4 Å². The average Bonchev–Trinajstić information content (AvgIpc) is 3.26. The Morgan fingerprint density at radius 2 is 2.21 bits per heavy atom. The number of aliphatic hydroxyl groups excluding tert-OH is 1. The Bertz CT molecular complexity index is 965. The number of rotatable bonds is 12. The molecule has 1 aromatic heterocycles. The Morgan fingerprint density at radius 1 is 1.44 bits per heavy atom. The van der Waals surface area contributed by atoms with Crippen molar-refractivity contribution in [3.8, 4) is 0 Å². The van der Waals surface area contributed by atoms with E-state index in [1.165, 1.54) is 4.68 Å². The molecule has 2 amide bonds. The smallest absolute Gasteiger partial charge is 0.356 e. The van der Waals surface area contributed by atoms with Gasteiger partial charge in [-0.25, -0.2) is 9.48 Å². The molecule has 0 bridgehead atoms. The summed E-state index contributed by atoms with van der Waals surface area (Å²) in [5.41, 5.74) is -2.06. The van der Waals surface area contributed by atoms with Crippen LogP contribution in [0.4, 0.5) is 8.78 Å². The lowest BCUT2D eigenvalue weighted by Gasteiger charge is -2.55. The molecule has 0 aliphatic carbocycles. The lowest BCUT2D eigenvalue weighted by atomic mass is 9.96. The quantitative estimate of drug-likeness (QED) is 0.201. The summed E-state index contributed by atoms with van der Waals surface area (Å²) in [4.78, 5) is 39.3. The molecule has 1 aromatic rings. The number of methoxy groups -OCH3 is 1. The minimum Gasteiger partial charge on any atom is -0.461 e. The van der Waals surface area contributed by atoms with Gasteiger partial charge < -0.3 is 24.6 Å². The predicted molar refractivity (Wildman–Crippen MR) is 113 cm³/mol. The summed E-state index contributed by atoms with van der Waals surface area (Å²) in [6.07, 6.45) is -1.21. The van der Waals surface area contributed by atoms with Gasteiger partial charge in [0.05, 0.1) is 37.9 Å². The van der Waals surface area contributed by atoms with Gasteiger partial charge in [-0.3, -0.25) is 14.5 Å². The van der Waals surface area contributed by atoms with Crippen molar-refractivity contribution < 1.29 is 42.5 Å². The number of ether oxygens (including phenoxy) is 3. The number of hydrogen-bond acceptors (Lipinski definition) is 12. The first kappa shape index (κ1) is 26.3. The first-order chi connectivity index (χ1) is 16.3. The summed E-state index contributed by atoms with van der Waals surface area (Å²) >= 11 is 1.22. The molecule has 2 atom stereocenters. The molecule has 1 saturated heterocycles. The van der Waals surface area contributed by atoms with Crippen LogP contribution >= 0.6 is 23.5 Å². The minimum atomic E-state index is -2.76. The van der Waals surface area contributed by atoms with Crippen LogP contribution in [0.25, 0.3) is 0 Å². The van der Waals surface area contributed by atoms with Crippen LogP contribution in [0, 0.1) is 0 Å². The van der Waals surface area contributed by atoms with Gasteiger partial charge in [0.15, 0.2) is 12.1 Å². The number of halogens is 2. The Morgan fingerprint density at radius 3 is 2.85 bits per heavy atom. The van der Waals surface area contributed by atoms with Gasteiger partial charge in [0.25, 0.3) is 17.4 Å². The summed E-state index contributed by atoms with van der Waals surface area (Å²) in [6, 6.07) is 0. The molecule has 188 valence electrons. The molecular formula is C17H22F2N6O7S2. The Balaban J connectivity index is 1.82. The van der Waals surface area contributed by atoms with Crippen LogP contribution in [0.2, 0.25) is 0 Å². The molecule has 2 N–H and O–H groups in total. The number of hydrogen-bond donors (Lipinski definition) is 2.